The Morgan fingerprint density at radius 1 is 0.969 bits per heavy atom. The number of pyridine rings is 2. The molecule has 7 heteroatoms. The molecule has 0 aliphatic carbocycles. The number of ether oxygens (including phenoxy) is 1. The summed E-state index contributed by atoms with van der Waals surface area (Å²) in [7, 11) is 1.64. The topological polar surface area (TPSA) is 64.9 Å². The molecule has 0 unspecified atom stereocenters. The maximum Gasteiger partial charge on any atom is 0.162 e. The summed E-state index contributed by atoms with van der Waals surface area (Å²) < 4.78 is 20.9. The smallest absolute Gasteiger partial charge is 0.162 e. The highest BCUT2D eigenvalue weighted by Gasteiger charge is 2.15. The Bertz CT molecular complexity index is 1380. The summed E-state index contributed by atoms with van der Waals surface area (Å²) in [5.41, 5.74) is 4.25. The quantitative estimate of drug-likeness (QED) is 0.393. The SMILES string of the molecule is COc1cccc(Cn2nc(Nc3cccc(F)c3)c3cc(-c4cccnc4)cnc32)c1. The summed E-state index contributed by atoms with van der Waals surface area (Å²) >= 11 is 0. The Morgan fingerprint density at radius 2 is 1.88 bits per heavy atom. The minimum atomic E-state index is -0.315. The fraction of sp³-hybridized carbons (Fsp3) is 0.0800. The molecule has 2 aromatic carbocycles. The van der Waals surface area contributed by atoms with Gasteiger partial charge in [-0.2, -0.15) is 5.10 Å². The van der Waals surface area contributed by atoms with Gasteiger partial charge in [-0.15, -0.1) is 0 Å². The summed E-state index contributed by atoms with van der Waals surface area (Å²) in [6.45, 7) is 0.512. The van der Waals surface area contributed by atoms with Crippen LogP contribution in [0.25, 0.3) is 22.2 Å². The van der Waals surface area contributed by atoms with Crippen LogP contribution in [0.2, 0.25) is 0 Å². The Kier molecular flexibility index (Phi) is 5.21. The van der Waals surface area contributed by atoms with Crippen LogP contribution < -0.4 is 10.1 Å². The summed E-state index contributed by atoms with van der Waals surface area (Å²) in [5, 5.41) is 8.84. The fourth-order valence-corrected chi connectivity index (χ4v) is 3.60. The highest BCUT2D eigenvalue weighted by molar-refractivity contribution is 5.92. The monoisotopic (exact) mass is 425 g/mol. The van der Waals surface area contributed by atoms with E-state index in [9.17, 15) is 4.39 Å². The molecular formula is C25H20FN5O. The van der Waals surface area contributed by atoms with Gasteiger partial charge in [0.15, 0.2) is 11.5 Å². The van der Waals surface area contributed by atoms with E-state index in [2.05, 4.69) is 10.3 Å². The van der Waals surface area contributed by atoms with Crippen molar-refractivity contribution in [2.75, 3.05) is 12.4 Å². The fourth-order valence-electron chi connectivity index (χ4n) is 3.60. The van der Waals surface area contributed by atoms with E-state index < -0.39 is 0 Å². The molecule has 6 nitrogen and oxygen atoms in total. The minimum absolute atomic E-state index is 0.315. The molecule has 0 saturated carbocycles. The number of aromatic nitrogens is 4. The van der Waals surface area contributed by atoms with Gasteiger partial charge >= 0.3 is 0 Å². The molecule has 0 aliphatic heterocycles. The lowest BCUT2D eigenvalue weighted by Gasteiger charge is -2.06. The Balaban J connectivity index is 1.60. The van der Waals surface area contributed by atoms with E-state index in [1.54, 1.807) is 31.6 Å². The number of fused-ring (bicyclic) bond motifs is 1. The second kappa shape index (κ2) is 8.47. The van der Waals surface area contributed by atoms with Gasteiger partial charge in [-0.1, -0.05) is 24.3 Å². The predicted octanol–water partition coefficient (Wildman–Crippen LogP) is 5.43. The van der Waals surface area contributed by atoms with Crippen LogP contribution >= 0.6 is 0 Å². The molecule has 0 fully saturated rings. The van der Waals surface area contributed by atoms with E-state index in [-0.39, 0.29) is 5.82 Å². The van der Waals surface area contributed by atoms with Crippen molar-refractivity contribution in [3.05, 3.63) is 96.7 Å². The Morgan fingerprint density at radius 3 is 2.69 bits per heavy atom. The van der Waals surface area contributed by atoms with Crippen LogP contribution in [-0.2, 0) is 6.54 Å². The average molecular weight is 425 g/mol. The number of hydrogen-bond acceptors (Lipinski definition) is 5. The lowest BCUT2D eigenvalue weighted by Crippen LogP contribution is -2.03. The molecule has 0 radical (unpaired) electrons. The van der Waals surface area contributed by atoms with Gasteiger partial charge in [0.1, 0.15) is 11.6 Å². The molecule has 5 rings (SSSR count). The number of anilines is 2. The molecule has 0 saturated heterocycles. The first kappa shape index (κ1) is 19.7. The predicted molar refractivity (Wildman–Crippen MR) is 123 cm³/mol. The molecule has 3 aromatic heterocycles. The molecule has 0 amide bonds. The third-order valence-electron chi connectivity index (χ3n) is 5.14. The van der Waals surface area contributed by atoms with E-state index in [4.69, 9.17) is 14.8 Å². The lowest BCUT2D eigenvalue weighted by atomic mass is 10.1. The van der Waals surface area contributed by atoms with E-state index in [1.807, 2.05) is 53.3 Å². The first-order chi connectivity index (χ1) is 15.7. The standard InChI is InChI=1S/C25H20FN5O/c1-32-22-9-2-5-17(11-22)16-31-25-23(12-19(15-28-25)18-6-4-10-27-14-18)24(30-31)29-21-8-3-7-20(26)13-21/h2-15H,16H2,1H3,(H,29,30). The van der Waals surface area contributed by atoms with Crippen molar-refractivity contribution in [3.63, 3.8) is 0 Å². The van der Waals surface area contributed by atoms with Crippen molar-refractivity contribution in [3.8, 4) is 16.9 Å². The van der Waals surface area contributed by atoms with Crippen LogP contribution in [0.4, 0.5) is 15.9 Å². The number of nitrogens with one attached hydrogen (secondary N) is 1. The summed E-state index contributed by atoms with van der Waals surface area (Å²) in [5.74, 6) is 1.07. The Hall–Kier alpha value is -4.26. The number of methoxy groups -OCH3 is 1. The van der Waals surface area contributed by atoms with Crippen molar-refractivity contribution in [1.82, 2.24) is 19.7 Å². The third-order valence-corrected chi connectivity index (χ3v) is 5.14. The number of benzene rings is 2. The first-order valence-electron chi connectivity index (χ1n) is 10.1. The van der Waals surface area contributed by atoms with E-state index >= 15 is 0 Å². The van der Waals surface area contributed by atoms with Crippen LogP contribution in [0.1, 0.15) is 5.56 Å². The van der Waals surface area contributed by atoms with Crippen molar-refractivity contribution >= 4 is 22.5 Å². The zero-order valence-corrected chi connectivity index (χ0v) is 17.4. The number of nitrogens with zero attached hydrogens (tertiary/aromatic N) is 4. The molecule has 0 spiro atoms. The van der Waals surface area contributed by atoms with Crippen molar-refractivity contribution < 1.29 is 9.13 Å². The lowest BCUT2D eigenvalue weighted by molar-refractivity contribution is 0.414. The summed E-state index contributed by atoms with van der Waals surface area (Å²) in [6, 6.07) is 20.0. The van der Waals surface area contributed by atoms with Crippen LogP contribution in [-0.4, -0.2) is 26.9 Å². The van der Waals surface area contributed by atoms with Crippen LogP contribution in [0.15, 0.2) is 85.3 Å². The number of halogens is 1. The van der Waals surface area contributed by atoms with Gasteiger partial charge in [0.2, 0.25) is 0 Å². The largest absolute Gasteiger partial charge is 0.497 e. The molecule has 0 aliphatic rings. The molecule has 32 heavy (non-hydrogen) atoms. The van der Waals surface area contributed by atoms with Gasteiger partial charge < -0.3 is 10.1 Å². The van der Waals surface area contributed by atoms with Gasteiger partial charge in [-0.25, -0.2) is 14.1 Å². The highest BCUT2D eigenvalue weighted by Crippen LogP contribution is 2.30. The van der Waals surface area contributed by atoms with E-state index in [0.717, 1.165) is 33.5 Å². The van der Waals surface area contributed by atoms with Gasteiger partial charge in [-0.05, 0) is 48.0 Å². The van der Waals surface area contributed by atoms with Crippen LogP contribution in [0.5, 0.6) is 5.75 Å². The zero-order chi connectivity index (χ0) is 21.9. The first-order valence-corrected chi connectivity index (χ1v) is 10.1. The summed E-state index contributed by atoms with van der Waals surface area (Å²) in [4.78, 5) is 8.90. The van der Waals surface area contributed by atoms with Gasteiger partial charge in [0.25, 0.3) is 0 Å². The Labute approximate surface area is 184 Å². The van der Waals surface area contributed by atoms with Crippen molar-refractivity contribution in [2.24, 2.45) is 0 Å². The summed E-state index contributed by atoms with van der Waals surface area (Å²) in [6.07, 6.45) is 5.34. The third kappa shape index (κ3) is 4.00. The number of hydrogen-bond donors (Lipinski definition) is 1. The maximum absolute atomic E-state index is 13.7. The van der Waals surface area contributed by atoms with Gasteiger partial charge in [-0.3, -0.25) is 4.98 Å². The molecule has 0 atom stereocenters. The van der Waals surface area contributed by atoms with Crippen molar-refractivity contribution in [1.29, 1.82) is 0 Å². The maximum atomic E-state index is 13.7. The second-order valence-electron chi connectivity index (χ2n) is 7.33. The van der Waals surface area contributed by atoms with Crippen LogP contribution in [0.3, 0.4) is 0 Å². The second-order valence-corrected chi connectivity index (χ2v) is 7.33. The highest BCUT2D eigenvalue weighted by atomic mass is 19.1. The zero-order valence-electron chi connectivity index (χ0n) is 17.4. The van der Waals surface area contributed by atoms with E-state index in [0.29, 0.717) is 18.1 Å². The minimum Gasteiger partial charge on any atom is -0.497 e. The van der Waals surface area contributed by atoms with Crippen molar-refractivity contribution in [2.45, 2.75) is 6.54 Å². The molecule has 0 bridgehead atoms. The average Bonchev–Trinajstić information content (AvgIpc) is 3.16. The molecule has 5 aromatic rings. The molecule has 1 N–H and O–H groups in total. The molecule has 3 heterocycles. The van der Waals surface area contributed by atoms with Gasteiger partial charge in [0.05, 0.1) is 19.0 Å². The molecule has 158 valence electrons. The molecular weight excluding hydrogens is 405 g/mol. The normalized spacial score (nSPS) is 10.9. The van der Waals surface area contributed by atoms with Crippen LogP contribution in [0, 0.1) is 5.82 Å². The number of rotatable bonds is 6. The van der Waals surface area contributed by atoms with E-state index in [1.165, 1.54) is 12.1 Å². The van der Waals surface area contributed by atoms with Gasteiger partial charge in [0, 0.05) is 35.4 Å².